The maximum atomic E-state index is 10.7. The van der Waals surface area contributed by atoms with Gasteiger partial charge in [-0.1, -0.05) is 50.6 Å². The summed E-state index contributed by atoms with van der Waals surface area (Å²) in [7, 11) is 0. The molecule has 2 rings (SSSR count). The van der Waals surface area contributed by atoms with Gasteiger partial charge in [-0.25, -0.2) is 0 Å². The molecule has 3 nitrogen and oxygen atoms in total. The SMILES string of the molecule is CC(C)C[C@H](NCCCN1CCCCC1)[C@@H](O)c1ccccc1. The van der Waals surface area contributed by atoms with Gasteiger partial charge in [0.15, 0.2) is 0 Å². The monoisotopic (exact) mass is 318 g/mol. The minimum atomic E-state index is -0.423. The van der Waals surface area contributed by atoms with Gasteiger partial charge in [0.25, 0.3) is 0 Å². The molecule has 1 aliphatic heterocycles. The molecule has 1 aromatic carbocycles. The number of aliphatic hydroxyl groups excluding tert-OH is 1. The Balaban J connectivity index is 1.78. The summed E-state index contributed by atoms with van der Waals surface area (Å²) in [5.74, 6) is 0.577. The minimum absolute atomic E-state index is 0.138. The quantitative estimate of drug-likeness (QED) is 0.683. The van der Waals surface area contributed by atoms with Gasteiger partial charge in [0, 0.05) is 6.04 Å². The summed E-state index contributed by atoms with van der Waals surface area (Å²) in [5, 5.41) is 14.3. The zero-order chi connectivity index (χ0) is 16.5. The smallest absolute Gasteiger partial charge is 0.0943 e. The van der Waals surface area contributed by atoms with Crippen molar-refractivity contribution in [3.8, 4) is 0 Å². The van der Waals surface area contributed by atoms with E-state index in [-0.39, 0.29) is 6.04 Å². The number of hydrogen-bond donors (Lipinski definition) is 2. The van der Waals surface area contributed by atoms with Gasteiger partial charge in [0.2, 0.25) is 0 Å². The van der Waals surface area contributed by atoms with Crippen LogP contribution in [-0.4, -0.2) is 42.2 Å². The first-order valence-corrected chi connectivity index (χ1v) is 9.35. The number of hydrogen-bond acceptors (Lipinski definition) is 3. The van der Waals surface area contributed by atoms with Gasteiger partial charge in [0.05, 0.1) is 6.10 Å². The average molecular weight is 319 g/mol. The molecule has 1 aromatic rings. The minimum Gasteiger partial charge on any atom is -0.387 e. The second-order valence-electron chi connectivity index (χ2n) is 7.30. The first-order valence-electron chi connectivity index (χ1n) is 9.35. The Labute approximate surface area is 142 Å². The van der Waals surface area contributed by atoms with Crippen LogP contribution in [0, 0.1) is 5.92 Å². The van der Waals surface area contributed by atoms with E-state index in [1.807, 2.05) is 30.3 Å². The van der Waals surface area contributed by atoms with E-state index >= 15 is 0 Å². The summed E-state index contributed by atoms with van der Waals surface area (Å²) in [5.41, 5.74) is 1.02. The Morgan fingerprint density at radius 2 is 1.78 bits per heavy atom. The number of piperidine rings is 1. The summed E-state index contributed by atoms with van der Waals surface area (Å²) in [6.45, 7) is 9.14. The molecule has 1 aliphatic rings. The highest BCUT2D eigenvalue weighted by Crippen LogP contribution is 2.21. The maximum absolute atomic E-state index is 10.7. The Hall–Kier alpha value is -0.900. The fourth-order valence-corrected chi connectivity index (χ4v) is 3.49. The molecular formula is C20H34N2O. The van der Waals surface area contributed by atoms with Gasteiger partial charge in [-0.3, -0.25) is 0 Å². The van der Waals surface area contributed by atoms with Crippen LogP contribution in [0.4, 0.5) is 0 Å². The zero-order valence-corrected chi connectivity index (χ0v) is 14.9. The van der Waals surface area contributed by atoms with E-state index in [1.165, 1.54) is 38.9 Å². The Morgan fingerprint density at radius 3 is 2.43 bits per heavy atom. The Morgan fingerprint density at radius 1 is 1.09 bits per heavy atom. The summed E-state index contributed by atoms with van der Waals surface area (Å²) in [6, 6.07) is 10.2. The molecule has 3 heteroatoms. The lowest BCUT2D eigenvalue weighted by Crippen LogP contribution is -2.38. The average Bonchev–Trinajstić information content (AvgIpc) is 2.58. The van der Waals surface area contributed by atoms with Crippen molar-refractivity contribution < 1.29 is 5.11 Å². The van der Waals surface area contributed by atoms with Crippen LogP contribution in [0.5, 0.6) is 0 Å². The molecule has 0 saturated carbocycles. The van der Waals surface area contributed by atoms with E-state index in [1.54, 1.807) is 0 Å². The van der Waals surface area contributed by atoms with Crippen LogP contribution >= 0.6 is 0 Å². The maximum Gasteiger partial charge on any atom is 0.0943 e. The molecule has 0 unspecified atom stereocenters. The molecule has 130 valence electrons. The summed E-state index contributed by atoms with van der Waals surface area (Å²) in [6.07, 6.45) is 5.85. The predicted octanol–water partition coefficient (Wildman–Crippen LogP) is 3.60. The van der Waals surface area contributed by atoms with Crippen molar-refractivity contribution in [1.82, 2.24) is 10.2 Å². The summed E-state index contributed by atoms with van der Waals surface area (Å²) in [4.78, 5) is 2.58. The lowest BCUT2D eigenvalue weighted by atomic mass is 9.94. The van der Waals surface area contributed by atoms with Crippen molar-refractivity contribution in [3.05, 3.63) is 35.9 Å². The topological polar surface area (TPSA) is 35.5 Å². The number of likely N-dealkylation sites (tertiary alicyclic amines) is 1. The van der Waals surface area contributed by atoms with Crippen molar-refractivity contribution in [1.29, 1.82) is 0 Å². The molecule has 1 saturated heterocycles. The summed E-state index contributed by atoms with van der Waals surface area (Å²) < 4.78 is 0. The molecule has 0 aromatic heterocycles. The third-order valence-corrected chi connectivity index (χ3v) is 4.75. The molecule has 2 atom stereocenters. The fourth-order valence-electron chi connectivity index (χ4n) is 3.49. The van der Waals surface area contributed by atoms with Crippen molar-refractivity contribution in [2.24, 2.45) is 5.92 Å². The molecule has 2 N–H and O–H groups in total. The van der Waals surface area contributed by atoms with Crippen LogP contribution in [0.25, 0.3) is 0 Å². The van der Waals surface area contributed by atoms with Crippen LogP contribution < -0.4 is 5.32 Å². The highest BCUT2D eigenvalue weighted by molar-refractivity contribution is 5.18. The van der Waals surface area contributed by atoms with Gasteiger partial charge in [-0.15, -0.1) is 0 Å². The Bertz CT molecular complexity index is 415. The third-order valence-electron chi connectivity index (χ3n) is 4.75. The molecule has 1 heterocycles. The molecule has 0 amide bonds. The highest BCUT2D eigenvalue weighted by Gasteiger charge is 2.21. The van der Waals surface area contributed by atoms with Crippen molar-refractivity contribution in [2.45, 2.75) is 58.1 Å². The molecule has 0 spiro atoms. The van der Waals surface area contributed by atoms with Gasteiger partial charge < -0.3 is 15.3 Å². The van der Waals surface area contributed by atoms with E-state index in [4.69, 9.17) is 0 Å². The first-order chi connectivity index (χ1) is 11.2. The van der Waals surface area contributed by atoms with Crippen molar-refractivity contribution in [3.63, 3.8) is 0 Å². The van der Waals surface area contributed by atoms with Crippen LogP contribution in [-0.2, 0) is 0 Å². The van der Waals surface area contributed by atoms with Crippen LogP contribution in [0.2, 0.25) is 0 Å². The van der Waals surface area contributed by atoms with Gasteiger partial charge in [-0.2, -0.15) is 0 Å². The fraction of sp³-hybridized carbons (Fsp3) is 0.700. The van der Waals surface area contributed by atoms with Crippen molar-refractivity contribution in [2.75, 3.05) is 26.2 Å². The summed E-state index contributed by atoms with van der Waals surface area (Å²) >= 11 is 0. The number of rotatable bonds is 9. The first kappa shape index (κ1) is 18.4. The number of benzene rings is 1. The van der Waals surface area contributed by atoms with Gasteiger partial charge in [-0.05, 0) is 63.3 Å². The lowest BCUT2D eigenvalue weighted by molar-refractivity contribution is 0.115. The lowest BCUT2D eigenvalue weighted by Gasteiger charge is -2.28. The number of nitrogens with zero attached hydrogens (tertiary/aromatic N) is 1. The molecule has 0 aliphatic carbocycles. The number of aliphatic hydroxyl groups is 1. The molecular weight excluding hydrogens is 284 g/mol. The van der Waals surface area contributed by atoms with Crippen LogP contribution in [0.1, 0.15) is 57.6 Å². The molecule has 1 fully saturated rings. The van der Waals surface area contributed by atoms with Gasteiger partial charge in [0.1, 0.15) is 0 Å². The number of nitrogens with one attached hydrogen (secondary N) is 1. The van der Waals surface area contributed by atoms with E-state index in [9.17, 15) is 5.11 Å². The van der Waals surface area contributed by atoms with Crippen LogP contribution in [0.15, 0.2) is 30.3 Å². The third kappa shape index (κ3) is 6.62. The zero-order valence-electron chi connectivity index (χ0n) is 14.9. The second kappa shape index (κ2) is 10.1. The van der Waals surface area contributed by atoms with Crippen LogP contribution in [0.3, 0.4) is 0 Å². The molecule has 0 bridgehead atoms. The highest BCUT2D eigenvalue weighted by atomic mass is 16.3. The molecule has 23 heavy (non-hydrogen) atoms. The second-order valence-corrected chi connectivity index (χ2v) is 7.30. The van der Waals surface area contributed by atoms with E-state index in [2.05, 4.69) is 24.1 Å². The van der Waals surface area contributed by atoms with E-state index < -0.39 is 6.10 Å². The van der Waals surface area contributed by atoms with Crippen molar-refractivity contribution >= 4 is 0 Å². The van der Waals surface area contributed by atoms with E-state index in [0.29, 0.717) is 5.92 Å². The standard InChI is InChI=1S/C20H34N2O/c1-17(2)16-19(20(23)18-10-5-3-6-11-18)21-12-9-15-22-13-7-4-8-14-22/h3,5-6,10-11,17,19-21,23H,4,7-9,12-16H2,1-2H3/t19-,20-/m0/s1. The largest absolute Gasteiger partial charge is 0.387 e. The Kier molecular flexibility index (Phi) is 8.07. The van der Waals surface area contributed by atoms with E-state index in [0.717, 1.165) is 24.9 Å². The van der Waals surface area contributed by atoms with Gasteiger partial charge >= 0.3 is 0 Å². The normalized spacial score (nSPS) is 19.0. The molecule has 0 radical (unpaired) electrons. The predicted molar refractivity (Wildman–Crippen MR) is 97.6 cm³/mol.